The number of methoxy groups -OCH3 is 1. The van der Waals surface area contributed by atoms with Gasteiger partial charge < -0.3 is 10.1 Å². The van der Waals surface area contributed by atoms with Gasteiger partial charge in [0, 0.05) is 5.69 Å². The van der Waals surface area contributed by atoms with E-state index in [1.165, 1.54) is 13.2 Å². The van der Waals surface area contributed by atoms with Gasteiger partial charge in [-0.15, -0.1) is 0 Å². The molecule has 0 heterocycles. The third-order valence-corrected chi connectivity index (χ3v) is 3.03. The Hall–Kier alpha value is -2.36. The Kier molecular flexibility index (Phi) is 4.03. The van der Waals surface area contributed by atoms with Crippen molar-refractivity contribution in [2.45, 2.75) is 13.8 Å². The molecule has 2 aromatic carbocycles. The van der Waals surface area contributed by atoms with Crippen molar-refractivity contribution in [3.8, 4) is 5.75 Å². The van der Waals surface area contributed by atoms with Crippen LogP contribution < -0.4 is 10.1 Å². The van der Waals surface area contributed by atoms with Crippen LogP contribution in [0.2, 0.25) is 0 Å². The Bertz CT molecular complexity index is 653. The summed E-state index contributed by atoms with van der Waals surface area (Å²) in [5, 5.41) is 2.67. The van der Waals surface area contributed by atoms with Crippen LogP contribution >= 0.6 is 0 Å². The lowest BCUT2D eigenvalue weighted by atomic mass is 10.1. The molecule has 0 spiro atoms. The summed E-state index contributed by atoms with van der Waals surface area (Å²) in [6, 6.07) is 9.92. The number of benzene rings is 2. The fourth-order valence-corrected chi connectivity index (χ4v) is 1.87. The highest BCUT2D eigenvalue weighted by atomic mass is 19.1. The highest BCUT2D eigenvalue weighted by Gasteiger charge is 2.13. The van der Waals surface area contributed by atoms with Crippen LogP contribution in [0.1, 0.15) is 21.5 Å². The van der Waals surface area contributed by atoms with E-state index in [0.717, 1.165) is 5.56 Å². The van der Waals surface area contributed by atoms with E-state index in [1.807, 2.05) is 13.0 Å². The van der Waals surface area contributed by atoms with Gasteiger partial charge in [0.2, 0.25) is 0 Å². The average Bonchev–Trinajstić information content (AvgIpc) is 2.43. The first-order valence-electron chi connectivity index (χ1n) is 6.23. The van der Waals surface area contributed by atoms with Crippen molar-refractivity contribution in [1.82, 2.24) is 0 Å². The van der Waals surface area contributed by atoms with Crippen LogP contribution in [-0.2, 0) is 0 Å². The molecular formula is C16H16FNO2. The van der Waals surface area contributed by atoms with Gasteiger partial charge in [0.25, 0.3) is 5.91 Å². The van der Waals surface area contributed by atoms with Gasteiger partial charge >= 0.3 is 0 Å². The zero-order valence-electron chi connectivity index (χ0n) is 11.7. The van der Waals surface area contributed by atoms with Gasteiger partial charge in [-0.3, -0.25) is 4.79 Å². The highest BCUT2D eigenvalue weighted by Crippen LogP contribution is 2.21. The predicted octanol–water partition coefficient (Wildman–Crippen LogP) is 3.70. The molecule has 0 fully saturated rings. The molecule has 0 aromatic heterocycles. The Balaban J connectivity index is 2.27. The third kappa shape index (κ3) is 2.96. The van der Waals surface area contributed by atoms with Crippen molar-refractivity contribution in [1.29, 1.82) is 0 Å². The molecule has 3 nitrogen and oxygen atoms in total. The third-order valence-electron chi connectivity index (χ3n) is 3.03. The molecule has 0 saturated carbocycles. The van der Waals surface area contributed by atoms with Gasteiger partial charge in [-0.05, 0) is 43.7 Å². The summed E-state index contributed by atoms with van der Waals surface area (Å²) in [5.41, 5.74) is 2.33. The van der Waals surface area contributed by atoms with Crippen LogP contribution in [0.15, 0.2) is 36.4 Å². The number of amides is 1. The maximum absolute atomic E-state index is 13.5. The molecule has 0 radical (unpaired) electrons. The minimum Gasteiger partial charge on any atom is -0.496 e. The molecule has 104 valence electrons. The zero-order chi connectivity index (χ0) is 14.7. The fourth-order valence-electron chi connectivity index (χ4n) is 1.87. The lowest BCUT2D eigenvalue weighted by molar-refractivity contribution is 0.102. The lowest BCUT2D eigenvalue weighted by Crippen LogP contribution is -2.13. The second-order valence-corrected chi connectivity index (χ2v) is 4.62. The Morgan fingerprint density at radius 1 is 1.15 bits per heavy atom. The zero-order valence-corrected chi connectivity index (χ0v) is 11.7. The van der Waals surface area contributed by atoms with Crippen LogP contribution in [-0.4, -0.2) is 13.0 Å². The lowest BCUT2D eigenvalue weighted by Gasteiger charge is -2.10. The Morgan fingerprint density at radius 3 is 2.55 bits per heavy atom. The van der Waals surface area contributed by atoms with E-state index < -0.39 is 0 Å². The number of carbonyl (C=O) groups is 1. The Morgan fingerprint density at radius 2 is 1.90 bits per heavy atom. The summed E-state index contributed by atoms with van der Waals surface area (Å²) in [4.78, 5) is 12.2. The van der Waals surface area contributed by atoms with E-state index in [2.05, 4.69) is 5.32 Å². The van der Waals surface area contributed by atoms with E-state index in [1.54, 1.807) is 31.2 Å². The maximum Gasteiger partial charge on any atom is 0.259 e. The van der Waals surface area contributed by atoms with Crippen LogP contribution in [0.25, 0.3) is 0 Å². The fraction of sp³-hybridized carbons (Fsp3) is 0.188. The molecule has 0 saturated heterocycles. The van der Waals surface area contributed by atoms with Gasteiger partial charge in [0.1, 0.15) is 11.6 Å². The Labute approximate surface area is 117 Å². The van der Waals surface area contributed by atoms with Crippen LogP contribution in [0, 0.1) is 19.7 Å². The standard InChI is InChI=1S/C16H16FNO2/c1-10-4-7-15(20-3)13(8-10)16(19)18-12-6-5-11(2)14(17)9-12/h4-9H,1-3H3,(H,18,19). The highest BCUT2D eigenvalue weighted by molar-refractivity contribution is 6.06. The molecule has 0 aliphatic rings. The van der Waals surface area contributed by atoms with Crippen molar-refractivity contribution < 1.29 is 13.9 Å². The number of aryl methyl sites for hydroxylation is 2. The van der Waals surface area contributed by atoms with Crippen LogP contribution in [0.3, 0.4) is 0 Å². The van der Waals surface area contributed by atoms with E-state index in [9.17, 15) is 9.18 Å². The van der Waals surface area contributed by atoms with Crippen molar-refractivity contribution in [3.63, 3.8) is 0 Å². The molecule has 1 amide bonds. The predicted molar refractivity (Wildman–Crippen MR) is 76.8 cm³/mol. The number of rotatable bonds is 3. The number of hydrogen-bond acceptors (Lipinski definition) is 2. The van der Waals surface area contributed by atoms with Gasteiger partial charge in [-0.1, -0.05) is 17.7 Å². The van der Waals surface area contributed by atoms with Crippen molar-refractivity contribution in [2.75, 3.05) is 12.4 Å². The second kappa shape index (κ2) is 5.74. The molecule has 0 atom stereocenters. The summed E-state index contributed by atoms with van der Waals surface area (Å²) in [7, 11) is 1.51. The maximum atomic E-state index is 13.5. The van der Waals surface area contributed by atoms with Crippen LogP contribution in [0.5, 0.6) is 5.75 Å². The second-order valence-electron chi connectivity index (χ2n) is 4.62. The van der Waals surface area contributed by atoms with E-state index >= 15 is 0 Å². The molecule has 0 unspecified atom stereocenters. The summed E-state index contributed by atoms with van der Waals surface area (Å²) in [5.74, 6) is -0.187. The van der Waals surface area contributed by atoms with Gasteiger partial charge in [-0.25, -0.2) is 4.39 Å². The van der Waals surface area contributed by atoms with Crippen molar-refractivity contribution in [3.05, 3.63) is 58.9 Å². The molecule has 0 aliphatic heterocycles. The van der Waals surface area contributed by atoms with Crippen LogP contribution in [0.4, 0.5) is 10.1 Å². The summed E-state index contributed by atoms with van der Waals surface area (Å²) in [6.07, 6.45) is 0. The number of carbonyl (C=O) groups excluding carboxylic acids is 1. The molecule has 2 aromatic rings. The molecular weight excluding hydrogens is 257 g/mol. The molecule has 0 bridgehead atoms. The SMILES string of the molecule is COc1ccc(C)cc1C(=O)Nc1ccc(C)c(F)c1. The number of anilines is 1. The van der Waals surface area contributed by atoms with E-state index in [0.29, 0.717) is 22.6 Å². The largest absolute Gasteiger partial charge is 0.496 e. The molecule has 0 aliphatic carbocycles. The number of nitrogens with one attached hydrogen (secondary N) is 1. The van der Waals surface area contributed by atoms with Crippen molar-refractivity contribution >= 4 is 11.6 Å². The average molecular weight is 273 g/mol. The molecule has 2 rings (SSSR count). The van der Waals surface area contributed by atoms with Gasteiger partial charge in [-0.2, -0.15) is 0 Å². The number of halogens is 1. The smallest absolute Gasteiger partial charge is 0.259 e. The van der Waals surface area contributed by atoms with Crippen molar-refractivity contribution in [2.24, 2.45) is 0 Å². The monoisotopic (exact) mass is 273 g/mol. The summed E-state index contributed by atoms with van der Waals surface area (Å²) >= 11 is 0. The summed E-state index contributed by atoms with van der Waals surface area (Å²) < 4.78 is 18.6. The normalized spacial score (nSPS) is 10.2. The number of ether oxygens (including phenoxy) is 1. The van der Waals surface area contributed by atoms with Gasteiger partial charge in [0.15, 0.2) is 0 Å². The summed E-state index contributed by atoms with van der Waals surface area (Å²) in [6.45, 7) is 3.56. The first kappa shape index (κ1) is 14.1. The quantitative estimate of drug-likeness (QED) is 0.926. The minimum atomic E-state index is -0.348. The number of hydrogen-bond donors (Lipinski definition) is 1. The first-order valence-corrected chi connectivity index (χ1v) is 6.23. The van der Waals surface area contributed by atoms with Gasteiger partial charge in [0.05, 0.1) is 12.7 Å². The minimum absolute atomic E-state index is 0.325. The molecule has 1 N–H and O–H groups in total. The van der Waals surface area contributed by atoms with E-state index in [4.69, 9.17) is 4.74 Å². The topological polar surface area (TPSA) is 38.3 Å². The van der Waals surface area contributed by atoms with E-state index in [-0.39, 0.29) is 11.7 Å². The molecule has 4 heteroatoms. The molecule has 20 heavy (non-hydrogen) atoms. The first-order chi connectivity index (χ1) is 9.51.